The molecule has 0 aliphatic rings. The lowest BCUT2D eigenvalue weighted by Crippen LogP contribution is -1.86. The average Bonchev–Trinajstić information content (AvgIpc) is 3.17. The Labute approximate surface area is 141 Å². The van der Waals surface area contributed by atoms with Crippen molar-refractivity contribution in [2.45, 2.75) is 6.92 Å². The van der Waals surface area contributed by atoms with Gasteiger partial charge in [0.05, 0.1) is 0 Å². The van der Waals surface area contributed by atoms with Gasteiger partial charge in [0.1, 0.15) is 6.33 Å². The topological polar surface area (TPSA) is 41.6 Å². The summed E-state index contributed by atoms with van der Waals surface area (Å²) in [7, 11) is 0. The van der Waals surface area contributed by atoms with Gasteiger partial charge in [-0.3, -0.25) is 5.10 Å². The Bertz CT molecular complexity index is 940. The molecule has 0 aliphatic carbocycles. The fraction of sp³-hybridized carbons (Fsp3) is 0.0476. The SMILES string of the molecule is Cc1cc(-c2ccc(-c3ccccc3)cc2)cc(-c2ncn[nH]2)c1. The normalized spacial score (nSPS) is 10.7. The summed E-state index contributed by atoms with van der Waals surface area (Å²) in [5.74, 6) is 0.792. The molecule has 3 aromatic carbocycles. The second-order valence-electron chi connectivity index (χ2n) is 5.87. The molecule has 0 saturated carbocycles. The van der Waals surface area contributed by atoms with Crippen LogP contribution in [0, 0.1) is 6.92 Å². The third kappa shape index (κ3) is 2.84. The van der Waals surface area contributed by atoms with Crippen LogP contribution in [0.2, 0.25) is 0 Å². The highest BCUT2D eigenvalue weighted by atomic mass is 15.2. The van der Waals surface area contributed by atoms with E-state index in [1.165, 1.54) is 34.1 Å². The lowest BCUT2D eigenvalue weighted by molar-refractivity contribution is 1.09. The minimum absolute atomic E-state index is 0.792. The molecule has 116 valence electrons. The molecular formula is C21H17N3. The molecule has 0 unspecified atom stereocenters. The molecule has 0 fully saturated rings. The van der Waals surface area contributed by atoms with Crippen LogP contribution in [-0.4, -0.2) is 15.2 Å². The maximum Gasteiger partial charge on any atom is 0.155 e. The predicted molar refractivity (Wildman–Crippen MR) is 97.4 cm³/mol. The van der Waals surface area contributed by atoms with E-state index >= 15 is 0 Å². The van der Waals surface area contributed by atoms with Crippen LogP contribution in [0.1, 0.15) is 5.56 Å². The van der Waals surface area contributed by atoms with Gasteiger partial charge in [-0.05, 0) is 46.9 Å². The third-order valence-electron chi connectivity index (χ3n) is 4.09. The fourth-order valence-electron chi connectivity index (χ4n) is 2.92. The van der Waals surface area contributed by atoms with Crippen molar-refractivity contribution in [2.24, 2.45) is 0 Å². The van der Waals surface area contributed by atoms with E-state index < -0.39 is 0 Å². The number of hydrogen-bond donors (Lipinski definition) is 1. The first-order chi connectivity index (χ1) is 11.8. The van der Waals surface area contributed by atoms with Gasteiger partial charge in [0.2, 0.25) is 0 Å². The summed E-state index contributed by atoms with van der Waals surface area (Å²) < 4.78 is 0. The molecular weight excluding hydrogens is 294 g/mol. The predicted octanol–water partition coefficient (Wildman–Crippen LogP) is 5.11. The second kappa shape index (κ2) is 6.13. The van der Waals surface area contributed by atoms with Crippen LogP contribution < -0.4 is 0 Å². The first-order valence-corrected chi connectivity index (χ1v) is 7.93. The second-order valence-corrected chi connectivity index (χ2v) is 5.87. The Morgan fingerprint density at radius 3 is 1.96 bits per heavy atom. The van der Waals surface area contributed by atoms with Crippen LogP contribution in [0.4, 0.5) is 0 Å². The molecule has 0 spiro atoms. The third-order valence-corrected chi connectivity index (χ3v) is 4.09. The Kier molecular flexibility index (Phi) is 3.67. The molecule has 1 aromatic heterocycles. The van der Waals surface area contributed by atoms with E-state index in [4.69, 9.17) is 0 Å². The summed E-state index contributed by atoms with van der Waals surface area (Å²) in [6.45, 7) is 2.10. The summed E-state index contributed by atoms with van der Waals surface area (Å²) >= 11 is 0. The molecule has 0 aliphatic heterocycles. The quantitative estimate of drug-likeness (QED) is 0.571. The number of H-pyrrole nitrogens is 1. The van der Waals surface area contributed by atoms with Crippen LogP contribution in [0.15, 0.2) is 79.1 Å². The molecule has 0 bridgehead atoms. The molecule has 0 saturated heterocycles. The van der Waals surface area contributed by atoms with Crippen molar-refractivity contribution in [1.29, 1.82) is 0 Å². The molecule has 1 N–H and O–H groups in total. The Hall–Kier alpha value is -3.20. The zero-order valence-electron chi connectivity index (χ0n) is 13.4. The van der Waals surface area contributed by atoms with E-state index in [-0.39, 0.29) is 0 Å². The van der Waals surface area contributed by atoms with Crippen molar-refractivity contribution < 1.29 is 0 Å². The average molecular weight is 311 g/mol. The summed E-state index contributed by atoms with van der Waals surface area (Å²) in [5, 5.41) is 6.87. The van der Waals surface area contributed by atoms with Crippen LogP contribution in [-0.2, 0) is 0 Å². The van der Waals surface area contributed by atoms with Gasteiger partial charge in [-0.1, -0.05) is 60.7 Å². The number of benzene rings is 3. The standard InChI is InChI=1S/C21H17N3/c1-15-11-19(13-20(12-15)21-22-14-23-24-21)18-9-7-17(8-10-18)16-5-3-2-4-6-16/h2-14H,1H3,(H,22,23,24). The molecule has 4 rings (SSSR count). The molecule has 24 heavy (non-hydrogen) atoms. The number of aromatic amines is 1. The van der Waals surface area contributed by atoms with Crippen molar-refractivity contribution in [3.8, 4) is 33.6 Å². The van der Waals surface area contributed by atoms with Crippen LogP contribution in [0.3, 0.4) is 0 Å². The number of hydrogen-bond acceptors (Lipinski definition) is 2. The van der Waals surface area contributed by atoms with E-state index in [1.54, 1.807) is 0 Å². The zero-order chi connectivity index (χ0) is 16.4. The van der Waals surface area contributed by atoms with Crippen molar-refractivity contribution in [1.82, 2.24) is 15.2 Å². The summed E-state index contributed by atoms with van der Waals surface area (Å²) in [5.41, 5.74) is 7.08. The van der Waals surface area contributed by atoms with Gasteiger partial charge in [0, 0.05) is 5.56 Å². The smallest absolute Gasteiger partial charge is 0.155 e. The molecule has 3 nitrogen and oxygen atoms in total. The first-order valence-electron chi connectivity index (χ1n) is 7.93. The monoisotopic (exact) mass is 311 g/mol. The summed E-state index contributed by atoms with van der Waals surface area (Å²) in [6.07, 6.45) is 1.53. The Morgan fingerprint density at radius 2 is 1.29 bits per heavy atom. The number of rotatable bonds is 3. The molecule has 0 atom stereocenters. The maximum absolute atomic E-state index is 4.25. The minimum Gasteiger partial charge on any atom is -0.259 e. The molecule has 0 amide bonds. The van der Waals surface area contributed by atoms with Crippen molar-refractivity contribution >= 4 is 0 Å². The van der Waals surface area contributed by atoms with Gasteiger partial charge in [-0.15, -0.1) is 0 Å². The molecule has 4 aromatic rings. The summed E-state index contributed by atoms with van der Waals surface area (Å²) in [4.78, 5) is 4.25. The zero-order valence-corrected chi connectivity index (χ0v) is 13.4. The number of nitrogens with one attached hydrogen (secondary N) is 1. The van der Waals surface area contributed by atoms with Crippen molar-refractivity contribution in [3.63, 3.8) is 0 Å². The van der Waals surface area contributed by atoms with E-state index in [9.17, 15) is 0 Å². The van der Waals surface area contributed by atoms with Crippen LogP contribution in [0.5, 0.6) is 0 Å². The number of nitrogens with zero attached hydrogens (tertiary/aromatic N) is 2. The number of aromatic nitrogens is 3. The fourth-order valence-corrected chi connectivity index (χ4v) is 2.92. The summed E-state index contributed by atoms with van der Waals surface area (Å²) in [6, 6.07) is 25.5. The first kappa shape index (κ1) is 14.4. The van der Waals surface area contributed by atoms with Gasteiger partial charge in [-0.25, -0.2) is 4.98 Å². The van der Waals surface area contributed by atoms with E-state index in [2.05, 4.69) is 88.8 Å². The maximum atomic E-state index is 4.25. The van der Waals surface area contributed by atoms with Crippen molar-refractivity contribution in [2.75, 3.05) is 0 Å². The van der Waals surface area contributed by atoms with E-state index in [0.29, 0.717) is 0 Å². The van der Waals surface area contributed by atoms with Gasteiger partial charge in [-0.2, -0.15) is 5.10 Å². The highest BCUT2D eigenvalue weighted by Crippen LogP contribution is 2.28. The largest absolute Gasteiger partial charge is 0.259 e. The van der Waals surface area contributed by atoms with Crippen molar-refractivity contribution in [3.05, 3.63) is 84.7 Å². The van der Waals surface area contributed by atoms with Crippen LogP contribution >= 0.6 is 0 Å². The van der Waals surface area contributed by atoms with E-state index in [1.807, 2.05) is 6.07 Å². The lowest BCUT2D eigenvalue weighted by atomic mass is 9.97. The lowest BCUT2D eigenvalue weighted by Gasteiger charge is -2.08. The van der Waals surface area contributed by atoms with E-state index in [0.717, 1.165) is 11.4 Å². The molecule has 3 heteroatoms. The Balaban J connectivity index is 1.71. The minimum atomic E-state index is 0.792. The van der Waals surface area contributed by atoms with Gasteiger partial charge in [0.15, 0.2) is 5.82 Å². The van der Waals surface area contributed by atoms with Gasteiger partial charge < -0.3 is 0 Å². The Morgan fingerprint density at radius 1 is 0.667 bits per heavy atom. The molecule has 0 radical (unpaired) electrons. The highest BCUT2D eigenvalue weighted by molar-refractivity contribution is 5.74. The molecule has 1 heterocycles. The number of aryl methyl sites for hydroxylation is 1. The van der Waals surface area contributed by atoms with Gasteiger partial charge >= 0.3 is 0 Å². The van der Waals surface area contributed by atoms with Crippen LogP contribution in [0.25, 0.3) is 33.6 Å². The highest BCUT2D eigenvalue weighted by Gasteiger charge is 2.06. The van der Waals surface area contributed by atoms with Gasteiger partial charge in [0.25, 0.3) is 0 Å².